The number of aryl methyl sites for hydroxylation is 1. The van der Waals surface area contributed by atoms with E-state index in [-0.39, 0.29) is 11.5 Å². The van der Waals surface area contributed by atoms with Crippen LogP contribution >= 0.6 is 0 Å². The zero-order chi connectivity index (χ0) is 21.2. The van der Waals surface area contributed by atoms with Gasteiger partial charge in [0.15, 0.2) is 0 Å². The highest BCUT2D eigenvalue weighted by Gasteiger charge is 2.62. The number of hydrogen-bond donors (Lipinski definition) is 0. The van der Waals surface area contributed by atoms with Crippen molar-refractivity contribution in [1.82, 2.24) is 34.2 Å². The molecule has 0 saturated heterocycles. The first kappa shape index (κ1) is 17.8. The molecule has 0 bridgehead atoms. The van der Waals surface area contributed by atoms with E-state index in [1.165, 1.54) is 0 Å². The van der Waals surface area contributed by atoms with Gasteiger partial charge in [-0.15, -0.1) is 0 Å². The highest BCUT2D eigenvalue weighted by molar-refractivity contribution is 5.77. The molecule has 0 aromatic carbocycles. The van der Waals surface area contributed by atoms with E-state index in [0.29, 0.717) is 18.3 Å². The summed E-state index contributed by atoms with van der Waals surface area (Å²) in [7, 11) is 1.87. The quantitative estimate of drug-likeness (QED) is 0.512. The molecule has 4 aromatic rings. The second-order valence-electron chi connectivity index (χ2n) is 8.63. The summed E-state index contributed by atoms with van der Waals surface area (Å²) < 4.78 is 5.48. The van der Waals surface area contributed by atoms with Crippen molar-refractivity contribution in [1.29, 1.82) is 10.5 Å². The van der Waals surface area contributed by atoms with Crippen molar-refractivity contribution in [2.75, 3.05) is 0 Å². The van der Waals surface area contributed by atoms with Crippen LogP contribution in [-0.4, -0.2) is 34.2 Å². The lowest BCUT2D eigenvalue weighted by Gasteiger charge is -2.29. The summed E-state index contributed by atoms with van der Waals surface area (Å²) in [4.78, 5) is 4.89. The number of fused-ring (bicyclic) bond motifs is 2. The molecule has 0 spiro atoms. The van der Waals surface area contributed by atoms with Gasteiger partial charge in [-0.25, -0.2) is 9.50 Å². The van der Waals surface area contributed by atoms with Crippen LogP contribution in [0.5, 0.6) is 0 Å². The molecular formula is C22H19N9. The molecule has 6 rings (SSSR count). The van der Waals surface area contributed by atoms with Crippen LogP contribution in [0.3, 0.4) is 0 Å². The molecule has 31 heavy (non-hydrogen) atoms. The third-order valence-corrected chi connectivity index (χ3v) is 6.83. The van der Waals surface area contributed by atoms with E-state index in [9.17, 15) is 10.5 Å². The number of aromatic nitrogens is 7. The maximum atomic E-state index is 9.49. The summed E-state index contributed by atoms with van der Waals surface area (Å²) in [6.07, 6.45) is 11.3. The third-order valence-electron chi connectivity index (χ3n) is 6.83. The second-order valence-corrected chi connectivity index (χ2v) is 8.63. The van der Waals surface area contributed by atoms with Crippen molar-refractivity contribution in [3.05, 3.63) is 43.1 Å². The Morgan fingerprint density at radius 2 is 1.97 bits per heavy atom. The molecule has 0 radical (unpaired) electrons. The van der Waals surface area contributed by atoms with Crippen LogP contribution in [-0.2, 0) is 12.6 Å². The van der Waals surface area contributed by atoms with Crippen LogP contribution in [0.15, 0.2) is 43.1 Å². The van der Waals surface area contributed by atoms with Crippen LogP contribution in [0, 0.1) is 40.4 Å². The summed E-state index contributed by atoms with van der Waals surface area (Å²) in [5.74, 6) is 0.918. The van der Waals surface area contributed by atoms with Crippen LogP contribution in [0.1, 0.15) is 19.3 Å². The predicted octanol–water partition coefficient (Wildman–Crippen LogP) is 2.78. The minimum absolute atomic E-state index is 0.144. The predicted molar refractivity (Wildman–Crippen MR) is 110 cm³/mol. The van der Waals surface area contributed by atoms with Crippen molar-refractivity contribution in [3.63, 3.8) is 0 Å². The van der Waals surface area contributed by atoms with Crippen molar-refractivity contribution in [2.24, 2.45) is 24.8 Å². The van der Waals surface area contributed by atoms with E-state index in [1.807, 2.05) is 48.6 Å². The smallest absolute Gasteiger partial charge is 0.112 e. The van der Waals surface area contributed by atoms with Crippen LogP contribution < -0.4 is 0 Å². The summed E-state index contributed by atoms with van der Waals surface area (Å²) in [6.45, 7) is 0. The van der Waals surface area contributed by atoms with Gasteiger partial charge in [-0.3, -0.25) is 9.36 Å². The maximum absolute atomic E-state index is 9.49. The van der Waals surface area contributed by atoms with Crippen molar-refractivity contribution >= 4 is 5.52 Å². The number of rotatable bonds is 4. The number of nitriles is 2. The van der Waals surface area contributed by atoms with E-state index in [4.69, 9.17) is 4.98 Å². The first-order chi connectivity index (χ1) is 15.1. The van der Waals surface area contributed by atoms with Gasteiger partial charge >= 0.3 is 0 Å². The average Bonchev–Trinajstić information content (AvgIpc) is 3.37. The zero-order valence-corrected chi connectivity index (χ0v) is 16.9. The Kier molecular flexibility index (Phi) is 3.60. The lowest BCUT2D eigenvalue weighted by Crippen LogP contribution is -2.33. The second kappa shape index (κ2) is 6.26. The molecule has 9 heteroatoms. The highest BCUT2D eigenvalue weighted by Crippen LogP contribution is 2.63. The maximum Gasteiger partial charge on any atom is 0.112 e. The summed E-state index contributed by atoms with van der Waals surface area (Å²) in [6, 6.07) is 8.60. The Morgan fingerprint density at radius 3 is 2.68 bits per heavy atom. The van der Waals surface area contributed by atoms with Crippen molar-refractivity contribution in [2.45, 2.75) is 24.8 Å². The van der Waals surface area contributed by atoms with Crippen molar-refractivity contribution < 1.29 is 0 Å². The van der Waals surface area contributed by atoms with Gasteiger partial charge in [-0.2, -0.15) is 25.8 Å². The molecule has 0 aliphatic heterocycles. The molecule has 2 aliphatic carbocycles. The Bertz CT molecular complexity index is 1380. The summed E-state index contributed by atoms with van der Waals surface area (Å²) in [5.41, 5.74) is 3.69. The largest absolute Gasteiger partial charge is 0.275 e. The van der Waals surface area contributed by atoms with Crippen LogP contribution in [0.2, 0.25) is 0 Å². The molecular weight excluding hydrogens is 390 g/mol. The Hall–Kier alpha value is -3.98. The Labute approximate surface area is 178 Å². The van der Waals surface area contributed by atoms with Gasteiger partial charge in [0.2, 0.25) is 0 Å². The fourth-order valence-electron chi connectivity index (χ4n) is 5.23. The molecule has 9 nitrogen and oxygen atoms in total. The Morgan fingerprint density at radius 1 is 1.13 bits per heavy atom. The summed E-state index contributed by atoms with van der Waals surface area (Å²) in [5, 5.41) is 32.3. The van der Waals surface area contributed by atoms with Gasteiger partial charge in [0.05, 0.1) is 59.8 Å². The minimum Gasteiger partial charge on any atom is -0.275 e. The number of nitrogens with zero attached hydrogens (tertiary/aromatic N) is 9. The zero-order valence-electron chi connectivity index (χ0n) is 16.9. The molecule has 4 heterocycles. The van der Waals surface area contributed by atoms with Gasteiger partial charge in [0.1, 0.15) is 11.4 Å². The van der Waals surface area contributed by atoms with Gasteiger partial charge in [0.25, 0.3) is 0 Å². The molecule has 4 aromatic heterocycles. The first-order valence-electron chi connectivity index (χ1n) is 10.3. The standard InChI is InChI=1S/C22H19N9/c1-29-7-3-18(28-29)19-13-30-20(2-6-25-30)21(27-19)14-11-26-31(12-14)22(4-5-23)8-15-16(9-22)17(15)10-24/h2-3,6-7,11-13,15-17H,4,8-9H2,1H3. The summed E-state index contributed by atoms with van der Waals surface area (Å²) >= 11 is 0. The number of hydrogen-bond acceptors (Lipinski definition) is 6. The van der Waals surface area contributed by atoms with Crippen LogP contribution in [0.4, 0.5) is 0 Å². The Balaban J connectivity index is 1.42. The van der Waals surface area contributed by atoms with E-state index >= 15 is 0 Å². The highest BCUT2D eigenvalue weighted by atomic mass is 15.3. The lowest BCUT2D eigenvalue weighted by atomic mass is 9.88. The van der Waals surface area contributed by atoms with Crippen molar-refractivity contribution in [3.8, 4) is 34.8 Å². The first-order valence-corrected chi connectivity index (χ1v) is 10.3. The molecule has 0 amide bonds. The molecule has 2 fully saturated rings. The SMILES string of the molecule is Cn1ccc(-c2cn3nccc3c(-c3cnn(C4(CC#N)CC5C(C#N)C5C4)c3)n2)n1. The third kappa shape index (κ3) is 2.60. The topological polar surface area (TPSA) is 113 Å². The van der Waals surface area contributed by atoms with Gasteiger partial charge in [-0.1, -0.05) is 0 Å². The van der Waals surface area contributed by atoms with E-state index in [1.54, 1.807) is 15.4 Å². The molecule has 2 aliphatic rings. The fraction of sp³-hybridized carbons (Fsp3) is 0.364. The fourth-order valence-corrected chi connectivity index (χ4v) is 5.23. The molecule has 2 saturated carbocycles. The average molecular weight is 409 g/mol. The molecule has 152 valence electrons. The van der Waals surface area contributed by atoms with E-state index in [0.717, 1.165) is 41.0 Å². The molecule has 0 N–H and O–H groups in total. The normalized spacial score (nSPS) is 26.5. The van der Waals surface area contributed by atoms with Gasteiger partial charge in [0, 0.05) is 25.0 Å². The lowest BCUT2D eigenvalue weighted by molar-refractivity contribution is 0.234. The molecule has 2 unspecified atom stereocenters. The minimum atomic E-state index is -0.342. The van der Waals surface area contributed by atoms with Crippen LogP contribution in [0.25, 0.3) is 28.2 Å². The molecule has 2 atom stereocenters. The van der Waals surface area contributed by atoms with Gasteiger partial charge in [-0.05, 0) is 36.8 Å². The monoisotopic (exact) mass is 409 g/mol. The van der Waals surface area contributed by atoms with E-state index in [2.05, 4.69) is 27.4 Å². The van der Waals surface area contributed by atoms with E-state index < -0.39 is 0 Å². The van der Waals surface area contributed by atoms with Gasteiger partial charge < -0.3 is 0 Å².